The molecule has 222 valence electrons. The summed E-state index contributed by atoms with van der Waals surface area (Å²) in [4.78, 5) is 18.1. The molecule has 0 bridgehead atoms. The predicted molar refractivity (Wildman–Crippen MR) is 151 cm³/mol. The lowest BCUT2D eigenvalue weighted by molar-refractivity contribution is -0.147. The van der Waals surface area contributed by atoms with Gasteiger partial charge in [-0.3, -0.25) is 4.90 Å². The molecule has 12 heteroatoms. The van der Waals surface area contributed by atoms with E-state index in [-0.39, 0.29) is 18.3 Å². The number of ether oxygens (including phenoxy) is 1. The molecule has 42 heavy (non-hydrogen) atoms. The van der Waals surface area contributed by atoms with Crippen LogP contribution in [0.5, 0.6) is 5.75 Å². The number of rotatable bonds is 9. The number of aromatic nitrogens is 3. The van der Waals surface area contributed by atoms with E-state index in [1.807, 2.05) is 31.4 Å². The molecule has 1 aliphatic rings. The Morgan fingerprint density at radius 2 is 1.95 bits per heavy atom. The number of aryl methyl sites for hydroxylation is 2. The number of hydrogen-bond donors (Lipinski definition) is 1. The van der Waals surface area contributed by atoms with E-state index in [2.05, 4.69) is 16.1 Å². The highest BCUT2D eigenvalue weighted by atomic mass is 32.1. The van der Waals surface area contributed by atoms with Crippen molar-refractivity contribution in [3.8, 4) is 22.1 Å². The molecule has 1 saturated heterocycles. The van der Waals surface area contributed by atoms with Gasteiger partial charge < -0.3 is 9.84 Å². The minimum atomic E-state index is -4.18. The van der Waals surface area contributed by atoms with Gasteiger partial charge >= 0.3 is 12.1 Å². The largest absolute Gasteiger partial charge is 0.489 e. The van der Waals surface area contributed by atoms with Gasteiger partial charge in [0.25, 0.3) is 0 Å². The van der Waals surface area contributed by atoms with Crippen molar-refractivity contribution < 1.29 is 32.2 Å². The van der Waals surface area contributed by atoms with Crippen LogP contribution in [0.3, 0.4) is 0 Å². The molecule has 0 spiro atoms. The van der Waals surface area contributed by atoms with Gasteiger partial charge in [-0.25, -0.2) is 9.78 Å². The van der Waals surface area contributed by atoms with Crippen LogP contribution in [0.1, 0.15) is 58.3 Å². The van der Waals surface area contributed by atoms with Gasteiger partial charge in [-0.2, -0.15) is 27.3 Å². The molecule has 0 unspecified atom stereocenters. The van der Waals surface area contributed by atoms with Crippen molar-refractivity contribution in [1.29, 1.82) is 0 Å². The van der Waals surface area contributed by atoms with E-state index in [4.69, 9.17) is 9.84 Å². The molecule has 7 nitrogen and oxygen atoms in total. The number of pyridine rings is 1. The van der Waals surface area contributed by atoms with Gasteiger partial charge in [0.1, 0.15) is 17.9 Å². The van der Waals surface area contributed by atoms with E-state index < -0.39 is 30.2 Å². The number of hydrogen-bond acceptors (Lipinski definition) is 6. The van der Waals surface area contributed by atoms with Crippen molar-refractivity contribution in [2.75, 3.05) is 19.6 Å². The van der Waals surface area contributed by atoms with Gasteiger partial charge in [0.05, 0.1) is 23.3 Å². The van der Waals surface area contributed by atoms with Crippen molar-refractivity contribution in [3.63, 3.8) is 0 Å². The Kier molecular flexibility index (Phi) is 8.65. The van der Waals surface area contributed by atoms with E-state index in [1.165, 1.54) is 16.2 Å². The number of halogens is 4. The van der Waals surface area contributed by atoms with E-state index >= 15 is 0 Å². The lowest BCUT2D eigenvalue weighted by Gasteiger charge is -2.32. The fourth-order valence-electron chi connectivity index (χ4n) is 5.31. The Bertz CT molecular complexity index is 1570. The predicted octanol–water partition coefficient (Wildman–Crippen LogP) is 7.02. The molecular weight excluding hydrogens is 572 g/mol. The lowest BCUT2D eigenvalue weighted by Crippen LogP contribution is -2.39. The smallest absolute Gasteiger partial charge is 0.401 e. The first-order valence-corrected chi connectivity index (χ1v) is 14.5. The molecule has 3 aromatic heterocycles. The number of carbonyl (C=O) groups is 1. The molecule has 1 aliphatic heterocycles. The first-order valence-electron chi connectivity index (χ1n) is 13.6. The Hall–Kier alpha value is -3.77. The third-order valence-corrected chi connectivity index (χ3v) is 8.61. The van der Waals surface area contributed by atoms with E-state index in [0.717, 1.165) is 44.4 Å². The number of carboxylic acid groups (broad SMARTS) is 1. The van der Waals surface area contributed by atoms with Crippen LogP contribution in [0.25, 0.3) is 16.4 Å². The maximum absolute atomic E-state index is 14.6. The van der Waals surface area contributed by atoms with Crippen molar-refractivity contribution in [1.82, 2.24) is 19.7 Å². The zero-order valence-electron chi connectivity index (χ0n) is 23.1. The molecule has 1 fully saturated rings. The Balaban J connectivity index is 1.31. The standard InChI is InChI=1S/C30H30F4N4O3S/c1-3-19-16-42-27(24-5-4-6-26(36-24)38-28(31)22(14-35-38)29(39)40)23(19)15-41-25-8-7-21(13-18(25)2)20-9-11-37(12-10-20)17-30(32,33)34/h4-8,13-14,16,20H,3,9-12,15,17H2,1-2H3,(H,39,40). The normalized spacial score (nSPS) is 14.8. The van der Waals surface area contributed by atoms with Crippen LogP contribution >= 0.6 is 11.3 Å². The number of carboxylic acids is 1. The summed E-state index contributed by atoms with van der Waals surface area (Å²) >= 11 is 1.50. The molecule has 4 aromatic rings. The quantitative estimate of drug-likeness (QED) is 0.207. The fraction of sp³-hybridized carbons (Fsp3) is 0.367. The molecular formula is C30H30F4N4O3S. The van der Waals surface area contributed by atoms with E-state index in [1.54, 1.807) is 18.2 Å². The number of benzene rings is 1. The van der Waals surface area contributed by atoms with Crippen LogP contribution in [-0.2, 0) is 13.0 Å². The summed E-state index contributed by atoms with van der Waals surface area (Å²) in [6, 6.07) is 11.1. The second-order valence-corrected chi connectivity index (χ2v) is 11.2. The van der Waals surface area contributed by atoms with Gasteiger partial charge in [-0.05, 0) is 85.5 Å². The van der Waals surface area contributed by atoms with Crippen molar-refractivity contribution in [2.24, 2.45) is 0 Å². The zero-order chi connectivity index (χ0) is 30.0. The molecule has 1 N–H and O–H groups in total. The highest BCUT2D eigenvalue weighted by Gasteiger charge is 2.33. The molecule has 0 aliphatic carbocycles. The summed E-state index contributed by atoms with van der Waals surface area (Å²) in [5.74, 6) is -1.32. The number of alkyl halides is 3. The number of nitrogens with zero attached hydrogens (tertiary/aromatic N) is 4. The maximum Gasteiger partial charge on any atom is 0.401 e. The third-order valence-electron chi connectivity index (χ3n) is 7.52. The van der Waals surface area contributed by atoms with Crippen LogP contribution in [-0.4, -0.2) is 56.6 Å². The summed E-state index contributed by atoms with van der Waals surface area (Å²) in [5.41, 5.74) is 4.17. The highest BCUT2D eigenvalue weighted by Crippen LogP contribution is 2.36. The Morgan fingerprint density at radius 3 is 2.60 bits per heavy atom. The van der Waals surface area contributed by atoms with Crippen molar-refractivity contribution >= 4 is 17.3 Å². The fourth-order valence-corrected chi connectivity index (χ4v) is 6.44. The summed E-state index contributed by atoms with van der Waals surface area (Å²) in [6.07, 6.45) is -1.09. The van der Waals surface area contributed by atoms with Gasteiger partial charge in [-0.15, -0.1) is 11.3 Å². The second kappa shape index (κ2) is 12.2. The maximum atomic E-state index is 14.6. The van der Waals surface area contributed by atoms with Crippen LogP contribution in [0.2, 0.25) is 0 Å². The molecule has 5 rings (SSSR count). The summed E-state index contributed by atoms with van der Waals surface area (Å²) in [6.45, 7) is 4.27. The average molecular weight is 603 g/mol. The first kappa shape index (κ1) is 29.7. The van der Waals surface area contributed by atoms with E-state index in [9.17, 15) is 22.4 Å². The number of likely N-dealkylation sites (tertiary alicyclic amines) is 1. The van der Waals surface area contributed by atoms with Crippen molar-refractivity contribution in [2.45, 2.75) is 51.8 Å². The van der Waals surface area contributed by atoms with Crippen molar-refractivity contribution in [3.05, 3.63) is 81.7 Å². The average Bonchev–Trinajstić information content (AvgIpc) is 3.55. The Labute approximate surface area is 244 Å². The van der Waals surface area contributed by atoms with Crippen LogP contribution in [0, 0.1) is 12.9 Å². The van der Waals surface area contributed by atoms with Gasteiger partial charge in [0.15, 0.2) is 5.82 Å². The third kappa shape index (κ3) is 6.49. The monoisotopic (exact) mass is 602 g/mol. The number of thiophene rings is 1. The molecule has 1 aromatic carbocycles. The topological polar surface area (TPSA) is 80.5 Å². The highest BCUT2D eigenvalue weighted by molar-refractivity contribution is 7.13. The van der Waals surface area contributed by atoms with Gasteiger partial charge in [-0.1, -0.05) is 25.1 Å². The summed E-state index contributed by atoms with van der Waals surface area (Å²) < 4.78 is 60.0. The van der Waals surface area contributed by atoms with Crippen LogP contribution in [0.4, 0.5) is 17.6 Å². The van der Waals surface area contributed by atoms with Gasteiger partial charge in [0.2, 0.25) is 5.95 Å². The number of piperidine rings is 1. The van der Waals surface area contributed by atoms with Gasteiger partial charge in [0, 0.05) is 5.56 Å². The number of aromatic carboxylic acids is 1. The van der Waals surface area contributed by atoms with Crippen LogP contribution in [0.15, 0.2) is 48.0 Å². The Morgan fingerprint density at radius 1 is 1.19 bits per heavy atom. The molecule has 0 radical (unpaired) electrons. The van der Waals surface area contributed by atoms with E-state index in [0.29, 0.717) is 37.4 Å². The second-order valence-electron chi connectivity index (χ2n) is 10.3. The lowest BCUT2D eigenvalue weighted by atomic mass is 9.88. The minimum absolute atomic E-state index is 0.159. The first-order chi connectivity index (χ1) is 20.0. The molecule has 0 amide bonds. The molecule has 4 heterocycles. The SMILES string of the molecule is CCc1csc(-c2cccc(-n3ncc(C(=O)O)c3F)n2)c1COc1ccc(C2CCN(CC(F)(F)F)CC2)cc1C. The molecule has 0 saturated carbocycles. The molecule has 0 atom stereocenters. The van der Waals surface area contributed by atoms with Crippen LogP contribution < -0.4 is 4.74 Å². The zero-order valence-corrected chi connectivity index (χ0v) is 23.9. The minimum Gasteiger partial charge on any atom is -0.489 e. The summed E-state index contributed by atoms with van der Waals surface area (Å²) in [5, 5.41) is 15.1. The summed E-state index contributed by atoms with van der Waals surface area (Å²) in [7, 11) is 0.